The summed E-state index contributed by atoms with van der Waals surface area (Å²) < 4.78 is 1.58. The molecule has 17 heavy (non-hydrogen) atoms. The van der Waals surface area contributed by atoms with Crippen LogP contribution >= 0.6 is 0 Å². The second kappa shape index (κ2) is 4.01. The van der Waals surface area contributed by atoms with Crippen LogP contribution in [-0.4, -0.2) is 25.8 Å². The van der Waals surface area contributed by atoms with Crippen LogP contribution in [0.2, 0.25) is 0 Å². The van der Waals surface area contributed by atoms with Gasteiger partial charge in [0.15, 0.2) is 0 Å². The van der Waals surface area contributed by atoms with Crippen molar-refractivity contribution >= 4 is 5.97 Å². The number of aryl methyl sites for hydroxylation is 3. The molecule has 0 aliphatic rings. The molecular weight excluding hydrogens is 218 g/mol. The fourth-order valence-corrected chi connectivity index (χ4v) is 1.85. The van der Waals surface area contributed by atoms with Gasteiger partial charge < -0.3 is 5.11 Å². The van der Waals surface area contributed by atoms with Gasteiger partial charge in [-0.25, -0.2) is 14.5 Å². The van der Waals surface area contributed by atoms with Gasteiger partial charge in [0.1, 0.15) is 11.6 Å². The van der Waals surface area contributed by atoms with E-state index >= 15 is 0 Å². The molecule has 0 aliphatic carbocycles. The summed E-state index contributed by atoms with van der Waals surface area (Å²) in [5, 5.41) is 13.4. The van der Waals surface area contributed by atoms with Gasteiger partial charge in [-0.2, -0.15) is 5.10 Å². The molecule has 0 spiro atoms. The molecule has 0 atom stereocenters. The summed E-state index contributed by atoms with van der Waals surface area (Å²) in [6.07, 6.45) is 0. The van der Waals surface area contributed by atoms with E-state index in [0.29, 0.717) is 17.3 Å². The van der Waals surface area contributed by atoms with Crippen molar-refractivity contribution in [3.8, 4) is 5.69 Å². The van der Waals surface area contributed by atoms with Crippen LogP contribution in [0.25, 0.3) is 5.69 Å². The Bertz CT molecular complexity index is 587. The largest absolute Gasteiger partial charge is 0.478 e. The predicted octanol–water partition coefficient (Wildman–Crippen LogP) is 1.89. The summed E-state index contributed by atoms with van der Waals surface area (Å²) in [5.41, 5.74) is 1.68. The van der Waals surface area contributed by atoms with Crippen LogP contribution in [0, 0.1) is 20.8 Å². The molecule has 88 valence electrons. The molecule has 2 rings (SSSR count). The molecule has 5 nitrogen and oxygen atoms in total. The van der Waals surface area contributed by atoms with Gasteiger partial charge in [-0.15, -0.1) is 0 Å². The van der Waals surface area contributed by atoms with Crippen LogP contribution < -0.4 is 0 Å². The molecular formula is C12H13N3O2. The number of hydrogen-bond donors (Lipinski definition) is 1. The molecule has 1 N–H and O–H groups in total. The average Bonchev–Trinajstić information content (AvgIpc) is 2.57. The van der Waals surface area contributed by atoms with Crippen molar-refractivity contribution in [3.63, 3.8) is 0 Å². The van der Waals surface area contributed by atoms with E-state index < -0.39 is 5.97 Å². The Morgan fingerprint density at radius 1 is 1.29 bits per heavy atom. The lowest BCUT2D eigenvalue weighted by Gasteiger charge is -2.10. The first-order valence-electron chi connectivity index (χ1n) is 5.24. The van der Waals surface area contributed by atoms with Crippen molar-refractivity contribution in [1.82, 2.24) is 14.8 Å². The smallest absolute Gasteiger partial charge is 0.337 e. The number of carboxylic acid groups (broad SMARTS) is 1. The summed E-state index contributed by atoms with van der Waals surface area (Å²) >= 11 is 0. The lowest BCUT2D eigenvalue weighted by molar-refractivity contribution is 0.0696. The van der Waals surface area contributed by atoms with Crippen molar-refractivity contribution in [2.75, 3.05) is 0 Å². The number of carboxylic acids is 1. The van der Waals surface area contributed by atoms with E-state index in [0.717, 1.165) is 5.56 Å². The maximum atomic E-state index is 11.2. The normalized spacial score (nSPS) is 10.5. The van der Waals surface area contributed by atoms with Gasteiger partial charge >= 0.3 is 5.97 Å². The summed E-state index contributed by atoms with van der Waals surface area (Å²) in [7, 11) is 0. The second-order valence-corrected chi connectivity index (χ2v) is 3.89. The quantitative estimate of drug-likeness (QED) is 0.857. The Labute approximate surface area is 98.7 Å². The standard InChI is InChI=1S/C12H13N3O2/c1-7-5-4-6-10(12(16)17)11(7)15-9(3)13-8(2)14-15/h4-6H,1-3H3,(H,16,17). The summed E-state index contributed by atoms with van der Waals surface area (Å²) in [6, 6.07) is 5.15. The number of nitrogens with zero attached hydrogens (tertiary/aromatic N) is 3. The fraction of sp³-hybridized carbons (Fsp3) is 0.250. The number of carbonyl (C=O) groups is 1. The molecule has 0 bridgehead atoms. The number of rotatable bonds is 2. The number of aromatic carboxylic acids is 1. The van der Waals surface area contributed by atoms with Gasteiger partial charge in [-0.3, -0.25) is 0 Å². The summed E-state index contributed by atoms with van der Waals surface area (Å²) in [4.78, 5) is 15.4. The molecule has 0 aliphatic heterocycles. The van der Waals surface area contributed by atoms with Gasteiger partial charge in [0.2, 0.25) is 0 Å². The Morgan fingerprint density at radius 3 is 2.53 bits per heavy atom. The van der Waals surface area contributed by atoms with Crippen LogP contribution in [0.5, 0.6) is 0 Å². The molecule has 1 aromatic carbocycles. The van der Waals surface area contributed by atoms with E-state index in [1.165, 1.54) is 0 Å². The summed E-state index contributed by atoms with van der Waals surface area (Å²) in [5.74, 6) is 0.345. The van der Waals surface area contributed by atoms with Crippen LogP contribution in [0.1, 0.15) is 27.6 Å². The average molecular weight is 231 g/mol. The lowest BCUT2D eigenvalue weighted by Crippen LogP contribution is -2.10. The Balaban J connectivity index is 2.74. The minimum atomic E-state index is -0.962. The van der Waals surface area contributed by atoms with E-state index in [4.69, 9.17) is 0 Å². The molecule has 5 heteroatoms. The zero-order chi connectivity index (χ0) is 12.6. The molecule has 0 saturated carbocycles. The van der Waals surface area contributed by atoms with E-state index in [-0.39, 0.29) is 5.56 Å². The molecule has 0 unspecified atom stereocenters. The minimum Gasteiger partial charge on any atom is -0.478 e. The third-order valence-corrected chi connectivity index (χ3v) is 2.55. The highest BCUT2D eigenvalue weighted by Crippen LogP contribution is 2.20. The van der Waals surface area contributed by atoms with E-state index in [1.54, 1.807) is 30.7 Å². The Kier molecular flexibility index (Phi) is 2.67. The van der Waals surface area contributed by atoms with E-state index in [2.05, 4.69) is 10.1 Å². The van der Waals surface area contributed by atoms with E-state index in [1.807, 2.05) is 13.0 Å². The monoisotopic (exact) mass is 231 g/mol. The van der Waals surface area contributed by atoms with Gasteiger partial charge in [0, 0.05) is 0 Å². The molecule has 0 saturated heterocycles. The highest BCUT2D eigenvalue weighted by atomic mass is 16.4. The van der Waals surface area contributed by atoms with E-state index in [9.17, 15) is 9.90 Å². The highest BCUT2D eigenvalue weighted by molar-refractivity contribution is 5.92. The maximum absolute atomic E-state index is 11.2. The van der Waals surface area contributed by atoms with Gasteiger partial charge in [-0.05, 0) is 32.4 Å². The van der Waals surface area contributed by atoms with Gasteiger partial charge in [0.25, 0.3) is 0 Å². The SMILES string of the molecule is Cc1nc(C)n(-c2c(C)cccc2C(=O)O)n1. The zero-order valence-corrected chi connectivity index (χ0v) is 9.93. The molecule has 0 amide bonds. The minimum absolute atomic E-state index is 0.234. The van der Waals surface area contributed by atoms with Crippen molar-refractivity contribution in [2.24, 2.45) is 0 Å². The molecule has 1 aromatic heterocycles. The first-order chi connectivity index (χ1) is 8.00. The third kappa shape index (κ3) is 1.91. The van der Waals surface area contributed by atoms with Crippen molar-refractivity contribution in [3.05, 3.63) is 41.0 Å². The molecule has 0 fully saturated rings. The number of benzene rings is 1. The van der Waals surface area contributed by atoms with Crippen LogP contribution in [-0.2, 0) is 0 Å². The number of hydrogen-bond acceptors (Lipinski definition) is 3. The number of aromatic nitrogens is 3. The van der Waals surface area contributed by atoms with Crippen molar-refractivity contribution < 1.29 is 9.90 Å². The Morgan fingerprint density at radius 2 is 2.00 bits per heavy atom. The fourth-order valence-electron chi connectivity index (χ4n) is 1.85. The van der Waals surface area contributed by atoms with Crippen molar-refractivity contribution in [1.29, 1.82) is 0 Å². The van der Waals surface area contributed by atoms with Crippen LogP contribution in [0.3, 0.4) is 0 Å². The van der Waals surface area contributed by atoms with Crippen LogP contribution in [0.15, 0.2) is 18.2 Å². The summed E-state index contributed by atoms with van der Waals surface area (Å²) in [6.45, 7) is 5.44. The first kappa shape index (κ1) is 11.3. The van der Waals surface area contributed by atoms with Crippen LogP contribution in [0.4, 0.5) is 0 Å². The Hall–Kier alpha value is -2.17. The predicted molar refractivity (Wildman–Crippen MR) is 62.5 cm³/mol. The lowest BCUT2D eigenvalue weighted by atomic mass is 10.1. The third-order valence-electron chi connectivity index (χ3n) is 2.55. The van der Waals surface area contributed by atoms with Crippen molar-refractivity contribution in [2.45, 2.75) is 20.8 Å². The number of para-hydroxylation sites is 1. The highest BCUT2D eigenvalue weighted by Gasteiger charge is 2.16. The maximum Gasteiger partial charge on any atom is 0.337 e. The van der Waals surface area contributed by atoms with Gasteiger partial charge in [-0.1, -0.05) is 12.1 Å². The first-order valence-corrected chi connectivity index (χ1v) is 5.24. The molecule has 0 radical (unpaired) electrons. The molecule has 1 heterocycles. The molecule has 2 aromatic rings. The topological polar surface area (TPSA) is 68.0 Å². The van der Waals surface area contributed by atoms with Gasteiger partial charge in [0.05, 0.1) is 11.3 Å². The zero-order valence-electron chi connectivity index (χ0n) is 9.93. The second-order valence-electron chi connectivity index (χ2n) is 3.89.